The van der Waals surface area contributed by atoms with Gasteiger partial charge in [-0.2, -0.15) is 5.26 Å². The van der Waals surface area contributed by atoms with Gasteiger partial charge in [0.2, 0.25) is 5.95 Å². The number of hydrogen-bond acceptors (Lipinski definition) is 6. The summed E-state index contributed by atoms with van der Waals surface area (Å²) in [6.07, 6.45) is 4.72. The number of H-pyrrole nitrogens is 1. The lowest BCUT2D eigenvalue weighted by Crippen LogP contribution is -1.94. The van der Waals surface area contributed by atoms with E-state index in [-0.39, 0.29) is 11.7 Å². The van der Waals surface area contributed by atoms with Gasteiger partial charge in [0, 0.05) is 29.7 Å². The van der Waals surface area contributed by atoms with E-state index in [9.17, 15) is 10.4 Å². The highest BCUT2D eigenvalue weighted by Crippen LogP contribution is 2.40. The normalized spacial score (nSPS) is 10.9. The average Bonchev–Trinajstić information content (AvgIpc) is 3.02. The van der Waals surface area contributed by atoms with Crippen molar-refractivity contribution in [1.29, 1.82) is 5.26 Å². The predicted octanol–water partition coefficient (Wildman–Crippen LogP) is 4.12. The largest absolute Gasteiger partial charge is 0.508 e. The number of hydrogen-bond donors (Lipinski definition) is 3. The molecule has 0 atom stereocenters. The molecular weight excluding hydrogens is 376 g/mol. The number of nitriles is 1. The second-order valence-corrected chi connectivity index (χ2v) is 6.81. The first-order valence-electron chi connectivity index (χ1n) is 8.40. The number of aromatic amines is 1. The minimum Gasteiger partial charge on any atom is -0.508 e. The molecule has 4 rings (SSSR count). The summed E-state index contributed by atoms with van der Waals surface area (Å²) in [6, 6.07) is 5.69. The topological polar surface area (TPSA) is 124 Å². The van der Waals surface area contributed by atoms with Crippen LogP contribution < -0.4 is 5.73 Å². The molecule has 0 saturated carbocycles. The van der Waals surface area contributed by atoms with Crippen molar-refractivity contribution in [2.45, 2.75) is 13.8 Å². The number of nitrogen functional groups attached to an aromatic ring is 1. The van der Waals surface area contributed by atoms with E-state index in [1.807, 2.05) is 6.92 Å². The Kier molecular flexibility index (Phi) is 4.13. The first-order valence-corrected chi connectivity index (χ1v) is 8.77. The van der Waals surface area contributed by atoms with Crippen molar-refractivity contribution in [2.75, 3.05) is 5.73 Å². The molecule has 0 fully saturated rings. The van der Waals surface area contributed by atoms with Crippen LogP contribution in [0.2, 0.25) is 5.02 Å². The third kappa shape index (κ3) is 2.63. The van der Waals surface area contributed by atoms with Crippen LogP contribution >= 0.6 is 11.6 Å². The van der Waals surface area contributed by atoms with E-state index in [1.54, 1.807) is 37.6 Å². The number of fused-ring (bicyclic) bond motifs is 1. The van der Waals surface area contributed by atoms with Gasteiger partial charge in [-0.25, -0.2) is 15.0 Å². The number of phenolic OH excluding ortho intramolecular Hbond substituents is 1. The highest BCUT2D eigenvalue weighted by atomic mass is 35.5. The number of benzene rings is 1. The van der Waals surface area contributed by atoms with Crippen molar-refractivity contribution in [3.8, 4) is 34.2 Å². The van der Waals surface area contributed by atoms with Gasteiger partial charge in [0.15, 0.2) is 0 Å². The van der Waals surface area contributed by atoms with E-state index < -0.39 is 0 Å². The van der Waals surface area contributed by atoms with E-state index in [1.165, 1.54) is 0 Å². The Bertz CT molecular complexity index is 1270. The Morgan fingerprint density at radius 2 is 1.86 bits per heavy atom. The van der Waals surface area contributed by atoms with E-state index in [0.29, 0.717) is 44.0 Å². The van der Waals surface area contributed by atoms with E-state index in [4.69, 9.17) is 17.3 Å². The van der Waals surface area contributed by atoms with Crippen LogP contribution in [0.25, 0.3) is 33.4 Å². The number of anilines is 1. The molecule has 0 unspecified atom stereocenters. The summed E-state index contributed by atoms with van der Waals surface area (Å²) in [4.78, 5) is 15.6. The molecular formula is C20H15ClN6O. The maximum Gasteiger partial charge on any atom is 0.219 e. The van der Waals surface area contributed by atoms with E-state index in [0.717, 1.165) is 11.1 Å². The number of pyridine rings is 1. The summed E-state index contributed by atoms with van der Waals surface area (Å²) in [5, 5.41) is 20.9. The molecule has 28 heavy (non-hydrogen) atoms. The van der Waals surface area contributed by atoms with Crippen LogP contribution in [0.3, 0.4) is 0 Å². The van der Waals surface area contributed by atoms with Crippen molar-refractivity contribution in [3.63, 3.8) is 0 Å². The molecule has 3 aromatic heterocycles. The van der Waals surface area contributed by atoms with Crippen molar-refractivity contribution < 1.29 is 5.11 Å². The molecule has 0 bridgehead atoms. The highest BCUT2D eigenvalue weighted by molar-refractivity contribution is 6.38. The van der Waals surface area contributed by atoms with Crippen molar-refractivity contribution in [2.24, 2.45) is 0 Å². The van der Waals surface area contributed by atoms with Crippen molar-refractivity contribution in [3.05, 3.63) is 52.4 Å². The van der Waals surface area contributed by atoms with Crippen LogP contribution in [0.4, 0.5) is 5.95 Å². The number of phenols is 1. The third-order valence-electron chi connectivity index (χ3n) is 4.75. The van der Waals surface area contributed by atoms with Gasteiger partial charge in [-0.15, -0.1) is 0 Å². The van der Waals surface area contributed by atoms with Gasteiger partial charge in [-0.05, 0) is 36.6 Å². The lowest BCUT2D eigenvalue weighted by atomic mass is 9.92. The summed E-state index contributed by atoms with van der Waals surface area (Å²) in [7, 11) is 0. The predicted molar refractivity (Wildman–Crippen MR) is 108 cm³/mol. The minimum atomic E-state index is 0.156. The highest BCUT2D eigenvalue weighted by Gasteiger charge is 2.21. The number of aromatic nitrogens is 4. The maximum absolute atomic E-state index is 10.1. The average molecular weight is 391 g/mol. The van der Waals surface area contributed by atoms with Crippen LogP contribution in [0.1, 0.15) is 16.7 Å². The fourth-order valence-electron chi connectivity index (χ4n) is 3.34. The van der Waals surface area contributed by atoms with Gasteiger partial charge in [0.05, 0.1) is 21.7 Å². The molecule has 138 valence electrons. The third-order valence-corrected chi connectivity index (χ3v) is 5.13. The van der Waals surface area contributed by atoms with Gasteiger partial charge in [0.25, 0.3) is 0 Å². The molecule has 0 saturated heterocycles. The lowest BCUT2D eigenvalue weighted by Gasteiger charge is -2.13. The zero-order valence-corrected chi connectivity index (χ0v) is 15.8. The Hall–Kier alpha value is -3.63. The minimum absolute atomic E-state index is 0.156. The van der Waals surface area contributed by atoms with Crippen molar-refractivity contribution >= 4 is 28.6 Å². The van der Waals surface area contributed by atoms with Gasteiger partial charge >= 0.3 is 0 Å². The molecule has 0 radical (unpaired) electrons. The Morgan fingerprint density at radius 3 is 2.54 bits per heavy atom. The molecule has 0 aliphatic carbocycles. The lowest BCUT2D eigenvalue weighted by molar-refractivity contribution is 0.471. The fraction of sp³-hybridized carbons (Fsp3) is 0.100. The number of halogens is 1. The monoisotopic (exact) mass is 390 g/mol. The standard InChI is InChI=1S/C20H15ClN6O/c1-9-3-4-14(28)10(2)15(9)13-8-24-19-16(12(13)5-22)17(21)18(27-19)11-6-25-20(23)26-7-11/h3-4,6-8,28H,1-2H3,(H,24,27)(H2,23,25,26). The summed E-state index contributed by atoms with van der Waals surface area (Å²) in [6.45, 7) is 3.72. The fourth-order valence-corrected chi connectivity index (χ4v) is 3.68. The molecule has 0 amide bonds. The van der Waals surface area contributed by atoms with Gasteiger partial charge in [0.1, 0.15) is 17.5 Å². The molecule has 0 aliphatic heterocycles. The molecule has 1 aromatic carbocycles. The summed E-state index contributed by atoms with van der Waals surface area (Å²) in [5.41, 5.74) is 10.6. The van der Waals surface area contributed by atoms with Gasteiger partial charge < -0.3 is 15.8 Å². The number of nitrogens with two attached hydrogens (primary N) is 1. The molecule has 8 heteroatoms. The van der Waals surface area contributed by atoms with Gasteiger partial charge in [-0.1, -0.05) is 17.7 Å². The van der Waals surface area contributed by atoms with Crippen LogP contribution in [0.5, 0.6) is 5.75 Å². The zero-order chi connectivity index (χ0) is 20.0. The number of nitrogens with zero attached hydrogens (tertiary/aromatic N) is 4. The molecule has 7 nitrogen and oxygen atoms in total. The molecule has 4 N–H and O–H groups in total. The first kappa shape index (κ1) is 17.8. The van der Waals surface area contributed by atoms with E-state index >= 15 is 0 Å². The van der Waals surface area contributed by atoms with Crippen molar-refractivity contribution in [1.82, 2.24) is 19.9 Å². The number of aryl methyl sites for hydroxylation is 1. The van der Waals surface area contributed by atoms with E-state index in [2.05, 4.69) is 26.0 Å². The van der Waals surface area contributed by atoms with Crippen LogP contribution in [0.15, 0.2) is 30.7 Å². The number of nitrogens with one attached hydrogen (secondary N) is 1. The van der Waals surface area contributed by atoms with Crippen LogP contribution in [-0.2, 0) is 0 Å². The Morgan fingerprint density at radius 1 is 1.14 bits per heavy atom. The maximum atomic E-state index is 10.1. The summed E-state index contributed by atoms with van der Waals surface area (Å²) in [5.74, 6) is 0.313. The smallest absolute Gasteiger partial charge is 0.219 e. The van der Waals surface area contributed by atoms with Gasteiger partial charge in [-0.3, -0.25) is 0 Å². The number of aromatic hydroxyl groups is 1. The molecule has 0 spiro atoms. The molecule has 0 aliphatic rings. The summed E-state index contributed by atoms with van der Waals surface area (Å²) >= 11 is 6.63. The SMILES string of the molecule is Cc1ccc(O)c(C)c1-c1cnc2[nH]c(-c3cnc(N)nc3)c(Cl)c2c1C#N. The Labute approximate surface area is 165 Å². The first-order chi connectivity index (χ1) is 13.4. The second kappa shape index (κ2) is 6.51. The zero-order valence-electron chi connectivity index (χ0n) is 15.1. The summed E-state index contributed by atoms with van der Waals surface area (Å²) < 4.78 is 0. The number of rotatable bonds is 2. The molecule has 4 aromatic rings. The molecule has 3 heterocycles. The van der Waals surface area contributed by atoms with Crippen LogP contribution in [-0.4, -0.2) is 25.0 Å². The quantitative estimate of drug-likeness (QED) is 0.473. The second-order valence-electron chi connectivity index (χ2n) is 6.43. The Balaban J connectivity index is 2.03. The van der Waals surface area contributed by atoms with Crippen LogP contribution in [0, 0.1) is 25.2 Å².